The van der Waals surface area contributed by atoms with Crippen LogP contribution in [-0.2, 0) is 6.54 Å². The van der Waals surface area contributed by atoms with E-state index in [1.54, 1.807) is 0 Å². The lowest BCUT2D eigenvalue weighted by Gasteiger charge is -2.15. The third kappa shape index (κ3) is 2.42. The van der Waals surface area contributed by atoms with Crippen LogP contribution >= 0.6 is 0 Å². The Labute approximate surface area is 101 Å². The molecule has 1 heterocycles. The van der Waals surface area contributed by atoms with Crippen molar-refractivity contribution in [3.8, 4) is 6.07 Å². The van der Waals surface area contributed by atoms with Gasteiger partial charge in [-0.3, -0.25) is 0 Å². The summed E-state index contributed by atoms with van der Waals surface area (Å²) in [6, 6.07) is 10.3. The molecule has 3 heteroatoms. The highest BCUT2D eigenvalue weighted by Gasteiger charge is 2.16. The highest BCUT2D eigenvalue weighted by molar-refractivity contribution is 5.83. The van der Waals surface area contributed by atoms with Gasteiger partial charge < -0.3 is 10.3 Å². The fourth-order valence-electron chi connectivity index (χ4n) is 1.85. The molecule has 1 aromatic heterocycles. The number of aryl methyl sites for hydroxylation is 1. The number of benzene rings is 1. The zero-order chi connectivity index (χ0) is 12.5. The maximum Gasteiger partial charge on any atom is 0.0684 e. The summed E-state index contributed by atoms with van der Waals surface area (Å²) in [5, 5.41) is 10.2. The van der Waals surface area contributed by atoms with Crippen LogP contribution in [0, 0.1) is 16.7 Å². The highest BCUT2D eigenvalue weighted by atomic mass is 15.0. The molecule has 0 aliphatic heterocycles. The maximum atomic E-state index is 9.00. The number of fused-ring (bicyclic) bond motifs is 1. The van der Waals surface area contributed by atoms with Gasteiger partial charge in [0, 0.05) is 18.4 Å². The number of nitrogen functional groups attached to an aromatic ring is 1. The van der Waals surface area contributed by atoms with Crippen LogP contribution in [0.2, 0.25) is 0 Å². The minimum atomic E-state index is -0.281. The van der Waals surface area contributed by atoms with Gasteiger partial charge in [-0.25, -0.2) is 0 Å². The molecule has 0 aliphatic rings. The third-order valence-corrected chi connectivity index (χ3v) is 3.08. The molecule has 0 unspecified atom stereocenters. The molecule has 0 bridgehead atoms. The van der Waals surface area contributed by atoms with E-state index < -0.39 is 0 Å². The number of rotatable bonds is 3. The van der Waals surface area contributed by atoms with Crippen molar-refractivity contribution in [2.75, 3.05) is 5.73 Å². The molecule has 2 aromatic rings. The van der Waals surface area contributed by atoms with Crippen molar-refractivity contribution in [1.29, 1.82) is 5.26 Å². The molecule has 0 fully saturated rings. The van der Waals surface area contributed by atoms with Crippen LogP contribution in [0.1, 0.15) is 20.3 Å². The zero-order valence-electron chi connectivity index (χ0n) is 10.3. The molecule has 88 valence electrons. The van der Waals surface area contributed by atoms with E-state index in [1.165, 1.54) is 5.39 Å². The summed E-state index contributed by atoms with van der Waals surface area (Å²) in [5.74, 6) is 0. The van der Waals surface area contributed by atoms with E-state index >= 15 is 0 Å². The quantitative estimate of drug-likeness (QED) is 0.819. The van der Waals surface area contributed by atoms with Crippen molar-refractivity contribution >= 4 is 16.6 Å². The van der Waals surface area contributed by atoms with E-state index in [0.29, 0.717) is 0 Å². The van der Waals surface area contributed by atoms with Crippen LogP contribution in [0.4, 0.5) is 5.69 Å². The zero-order valence-corrected chi connectivity index (χ0v) is 10.3. The minimum absolute atomic E-state index is 0.281. The largest absolute Gasteiger partial charge is 0.399 e. The third-order valence-electron chi connectivity index (χ3n) is 3.08. The smallest absolute Gasteiger partial charge is 0.0684 e. The standard InChI is InChI=1S/C14H17N3/c1-14(2,10-15)6-8-17-7-5-11-3-4-12(16)9-13(11)17/h3-5,7,9H,6,8,16H2,1-2H3. The van der Waals surface area contributed by atoms with Crippen LogP contribution < -0.4 is 5.73 Å². The molecule has 0 atom stereocenters. The van der Waals surface area contributed by atoms with Crippen LogP contribution in [0.25, 0.3) is 10.9 Å². The number of nitrogens with zero attached hydrogens (tertiary/aromatic N) is 2. The van der Waals surface area contributed by atoms with Gasteiger partial charge >= 0.3 is 0 Å². The average molecular weight is 227 g/mol. The molecule has 0 amide bonds. The Morgan fingerprint density at radius 2 is 2.12 bits per heavy atom. The summed E-state index contributed by atoms with van der Waals surface area (Å²) in [6.07, 6.45) is 2.89. The summed E-state index contributed by atoms with van der Waals surface area (Å²) in [6.45, 7) is 4.77. The summed E-state index contributed by atoms with van der Waals surface area (Å²) < 4.78 is 2.16. The van der Waals surface area contributed by atoms with Gasteiger partial charge in [0.15, 0.2) is 0 Å². The van der Waals surface area contributed by atoms with Gasteiger partial charge in [0.25, 0.3) is 0 Å². The Morgan fingerprint density at radius 1 is 1.35 bits per heavy atom. The molecular weight excluding hydrogens is 210 g/mol. The summed E-state index contributed by atoms with van der Waals surface area (Å²) in [7, 11) is 0. The Bertz CT molecular complexity index is 573. The summed E-state index contributed by atoms with van der Waals surface area (Å²) >= 11 is 0. The topological polar surface area (TPSA) is 54.7 Å². The molecule has 0 saturated heterocycles. The number of nitrogens with two attached hydrogens (primary N) is 1. The van der Waals surface area contributed by atoms with E-state index in [2.05, 4.69) is 22.9 Å². The number of aromatic nitrogens is 1. The highest BCUT2D eigenvalue weighted by Crippen LogP contribution is 2.23. The first-order chi connectivity index (χ1) is 8.02. The predicted molar refractivity (Wildman–Crippen MR) is 70.4 cm³/mol. The second-order valence-corrected chi connectivity index (χ2v) is 5.07. The predicted octanol–water partition coefficient (Wildman–Crippen LogP) is 3.16. The van der Waals surface area contributed by atoms with Crippen LogP contribution in [-0.4, -0.2) is 4.57 Å². The Balaban J connectivity index is 2.25. The van der Waals surface area contributed by atoms with Crippen molar-refractivity contribution in [2.24, 2.45) is 5.41 Å². The van der Waals surface area contributed by atoms with E-state index in [1.807, 2.05) is 32.0 Å². The number of hydrogen-bond donors (Lipinski definition) is 1. The molecule has 2 rings (SSSR count). The monoisotopic (exact) mass is 227 g/mol. The van der Waals surface area contributed by atoms with Gasteiger partial charge in [0.2, 0.25) is 0 Å². The first-order valence-electron chi connectivity index (χ1n) is 5.77. The molecule has 3 nitrogen and oxygen atoms in total. The lowest BCUT2D eigenvalue weighted by atomic mass is 9.91. The maximum absolute atomic E-state index is 9.00. The minimum Gasteiger partial charge on any atom is -0.399 e. The Kier molecular flexibility index (Phi) is 2.81. The van der Waals surface area contributed by atoms with Crippen molar-refractivity contribution in [3.63, 3.8) is 0 Å². The lowest BCUT2D eigenvalue weighted by molar-refractivity contribution is 0.417. The van der Waals surface area contributed by atoms with Gasteiger partial charge in [-0.2, -0.15) is 5.26 Å². The number of hydrogen-bond acceptors (Lipinski definition) is 2. The van der Waals surface area contributed by atoms with Gasteiger partial charge in [-0.15, -0.1) is 0 Å². The molecule has 0 radical (unpaired) electrons. The molecular formula is C14H17N3. The molecule has 0 saturated carbocycles. The first kappa shape index (κ1) is 11.5. The second-order valence-electron chi connectivity index (χ2n) is 5.07. The van der Waals surface area contributed by atoms with Crippen LogP contribution in [0.5, 0.6) is 0 Å². The van der Waals surface area contributed by atoms with Crippen LogP contribution in [0.3, 0.4) is 0 Å². The molecule has 17 heavy (non-hydrogen) atoms. The Morgan fingerprint density at radius 3 is 2.82 bits per heavy atom. The summed E-state index contributed by atoms with van der Waals surface area (Å²) in [5.41, 5.74) is 7.43. The summed E-state index contributed by atoms with van der Waals surface area (Å²) in [4.78, 5) is 0. The van der Waals surface area contributed by atoms with Gasteiger partial charge in [-0.05, 0) is 43.9 Å². The average Bonchev–Trinajstić information content (AvgIpc) is 2.69. The number of anilines is 1. The fourth-order valence-corrected chi connectivity index (χ4v) is 1.85. The van der Waals surface area contributed by atoms with Gasteiger partial charge in [0.1, 0.15) is 0 Å². The van der Waals surface area contributed by atoms with Crippen LogP contribution in [0.15, 0.2) is 30.5 Å². The van der Waals surface area contributed by atoms with Gasteiger partial charge in [0.05, 0.1) is 17.0 Å². The lowest BCUT2D eigenvalue weighted by Crippen LogP contribution is -2.11. The molecule has 0 aliphatic carbocycles. The fraction of sp³-hybridized carbons (Fsp3) is 0.357. The second kappa shape index (κ2) is 4.14. The molecule has 2 N–H and O–H groups in total. The SMILES string of the molecule is CC(C)(C#N)CCn1ccc2ccc(N)cc21. The number of nitriles is 1. The first-order valence-corrected chi connectivity index (χ1v) is 5.77. The van der Waals surface area contributed by atoms with E-state index in [4.69, 9.17) is 11.0 Å². The van der Waals surface area contributed by atoms with E-state index in [0.717, 1.165) is 24.2 Å². The Hall–Kier alpha value is -1.95. The van der Waals surface area contributed by atoms with Crippen molar-refractivity contribution in [3.05, 3.63) is 30.5 Å². The van der Waals surface area contributed by atoms with Crippen molar-refractivity contribution in [2.45, 2.75) is 26.8 Å². The van der Waals surface area contributed by atoms with Crippen molar-refractivity contribution in [1.82, 2.24) is 4.57 Å². The normalized spacial score (nSPS) is 11.6. The van der Waals surface area contributed by atoms with Gasteiger partial charge in [-0.1, -0.05) is 6.07 Å². The molecule has 0 spiro atoms. The molecule has 1 aromatic carbocycles. The van der Waals surface area contributed by atoms with E-state index in [9.17, 15) is 0 Å². The van der Waals surface area contributed by atoms with Crippen molar-refractivity contribution < 1.29 is 0 Å². The van der Waals surface area contributed by atoms with E-state index in [-0.39, 0.29) is 5.41 Å².